The van der Waals surface area contributed by atoms with Gasteiger partial charge in [-0.05, 0) is 31.9 Å². The van der Waals surface area contributed by atoms with E-state index in [1.165, 1.54) is 0 Å². The van der Waals surface area contributed by atoms with E-state index in [1.54, 1.807) is 31.5 Å². The van der Waals surface area contributed by atoms with Crippen LogP contribution in [0.15, 0.2) is 29.2 Å². The van der Waals surface area contributed by atoms with Crippen molar-refractivity contribution < 1.29 is 37.3 Å². The zero-order chi connectivity index (χ0) is 28.3. The molecule has 3 aromatic rings. The van der Waals surface area contributed by atoms with E-state index in [1.807, 2.05) is 11.6 Å². The summed E-state index contributed by atoms with van der Waals surface area (Å²) in [5.41, 5.74) is 0.477. The molecule has 4 heterocycles. The molecule has 1 aromatic carbocycles. The normalized spacial score (nSPS) is 17.7. The molecule has 5 rings (SSSR count). The summed E-state index contributed by atoms with van der Waals surface area (Å²) in [6.07, 6.45) is -1.73. The summed E-state index contributed by atoms with van der Waals surface area (Å²) in [5.74, 6) is -0.816. The lowest BCUT2D eigenvalue weighted by Gasteiger charge is -2.42. The smallest absolute Gasteiger partial charge is 0.490 e. The van der Waals surface area contributed by atoms with Crippen molar-refractivity contribution in [3.05, 3.63) is 45.6 Å². The lowest BCUT2D eigenvalue weighted by Crippen LogP contribution is -2.54. The molecule has 11 nitrogen and oxygen atoms in total. The van der Waals surface area contributed by atoms with Crippen molar-refractivity contribution in [2.24, 2.45) is 0 Å². The van der Waals surface area contributed by atoms with Crippen LogP contribution in [0, 0.1) is 0 Å². The van der Waals surface area contributed by atoms with Crippen LogP contribution in [0.2, 0.25) is 5.02 Å². The van der Waals surface area contributed by atoms with Crippen LogP contribution >= 0.6 is 11.6 Å². The maximum absolute atomic E-state index is 12.7. The van der Waals surface area contributed by atoms with Gasteiger partial charge in [0, 0.05) is 32.4 Å². The number of methoxy groups -OCH3 is 1. The summed E-state index contributed by atoms with van der Waals surface area (Å²) in [6, 6.07) is 5.49. The summed E-state index contributed by atoms with van der Waals surface area (Å²) >= 11 is 6.25. The molecule has 0 radical (unpaired) electrons. The fraction of sp³-hybridized carbons (Fsp3) is 0.500. The number of alkyl halides is 3. The highest BCUT2D eigenvalue weighted by atomic mass is 35.5. The van der Waals surface area contributed by atoms with Crippen LogP contribution in [0.4, 0.5) is 13.2 Å². The zero-order valence-corrected chi connectivity index (χ0v) is 21.8. The lowest BCUT2D eigenvalue weighted by molar-refractivity contribution is -0.192. The van der Waals surface area contributed by atoms with Crippen molar-refractivity contribution in [1.29, 1.82) is 0 Å². The third-order valence-corrected chi connectivity index (χ3v) is 6.82. The van der Waals surface area contributed by atoms with E-state index < -0.39 is 12.1 Å². The van der Waals surface area contributed by atoms with Crippen molar-refractivity contribution in [1.82, 2.24) is 24.6 Å². The predicted octanol–water partition coefficient (Wildman–Crippen LogP) is 3.59. The molecule has 0 bridgehead atoms. The van der Waals surface area contributed by atoms with E-state index in [-0.39, 0.29) is 23.7 Å². The number of aliphatic carboxylic acids is 1. The lowest BCUT2D eigenvalue weighted by atomic mass is 10.1. The number of hydrogen-bond donors (Lipinski definition) is 2. The monoisotopic (exact) mass is 573 g/mol. The van der Waals surface area contributed by atoms with E-state index in [9.17, 15) is 18.0 Å². The Morgan fingerprint density at radius 3 is 2.56 bits per heavy atom. The topological polar surface area (TPSA) is 132 Å². The Morgan fingerprint density at radius 2 is 1.95 bits per heavy atom. The quantitative estimate of drug-likeness (QED) is 0.454. The number of halogens is 4. The summed E-state index contributed by atoms with van der Waals surface area (Å²) in [6.45, 7) is 4.84. The van der Waals surface area contributed by atoms with Gasteiger partial charge < -0.3 is 24.3 Å². The SMILES string of the molecule is COc1ccc(Cl)c(OC2CN(C(C)c3nc4c(cnn4C4CCOCC4)c(=O)[nH]3)C2)c1.O=C(O)C(F)(F)F. The molecule has 0 amide bonds. The van der Waals surface area contributed by atoms with Crippen LogP contribution in [0.1, 0.15) is 37.7 Å². The molecule has 0 saturated carbocycles. The maximum Gasteiger partial charge on any atom is 0.490 e. The van der Waals surface area contributed by atoms with E-state index in [0.29, 0.717) is 59.7 Å². The first kappa shape index (κ1) is 28.6. The van der Waals surface area contributed by atoms with Gasteiger partial charge in [-0.15, -0.1) is 0 Å². The Hall–Kier alpha value is -3.36. The molecular formula is C24H27ClF3N5O6. The number of ether oxygens (including phenoxy) is 3. The Labute approximate surface area is 225 Å². The highest BCUT2D eigenvalue weighted by molar-refractivity contribution is 6.32. The third kappa shape index (κ3) is 6.62. The van der Waals surface area contributed by atoms with Crippen molar-refractivity contribution >= 4 is 28.6 Å². The molecule has 2 saturated heterocycles. The number of carboxylic acid groups (broad SMARTS) is 1. The summed E-state index contributed by atoms with van der Waals surface area (Å²) in [5, 5.41) is 12.7. The first-order chi connectivity index (χ1) is 18.5. The van der Waals surface area contributed by atoms with Gasteiger partial charge in [-0.3, -0.25) is 9.69 Å². The molecule has 0 spiro atoms. The Balaban J connectivity index is 0.000000448. The molecular weight excluding hydrogens is 547 g/mol. The Bertz CT molecular complexity index is 1370. The fourth-order valence-corrected chi connectivity index (χ4v) is 4.42. The molecule has 2 aliphatic rings. The van der Waals surface area contributed by atoms with Crippen LogP contribution in [0.25, 0.3) is 11.0 Å². The number of benzene rings is 1. The fourth-order valence-electron chi connectivity index (χ4n) is 4.26. The molecule has 1 atom stereocenters. The molecule has 39 heavy (non-hydrogen) atoms. The average molecular weight is 574 g/mol. The van der Waals surface area contributed by atoms with Gasteiger partial charge in [0.2, 0.25) is 0 Å². The summed E-state index contributed by atoms with van der Waals surface area (Å²) < 4.78 is 50.4. The summed E-state index contributed by atoms with van der Waals surface area (Å²) in [4.78, 5) is 31.5. The average Bonchev–Trinajstić information content (AvgIpc) is 3.31. The Kier molecular flexibility index (Phi) is 8.67. The number of nitrogens with one attached hydrogen (secondary N) is 1. The molecule has 1 unspecified atom stereocenters. The molecule has 15 heteroatoms. The van der Waals surface area contributed by atoms with E-state index >= 15 is 0 Å². The first-order valence-electron chi connectivity index (χ1n) is 12.1. The number of nitrogens with zero attached hydrogens (tertiary/aromatic N) is 4. The second kappa shape index (κ2) is 11.8. The number of aromatic amines is 1. The second-order valence-electron chi connectivity index (χ2n) is 9.09. The van der Waals surface area contributed by atoms with Gasteiger partial charge in [0.1, 0.15) is 28.8 Å². The third-order valence-electron chi connectivity index (χ3n) is 6.51. The zero-order valence-electron chi connectivity index (χ0n) is 21.1. The molecule has 2 N–H and O–H groups in total. The number of aromatic nitrogens is 4. The van der Waals surface area contributed by atoms with Gasteiger partial charge in [0.05, 0.1) is 30.4 Å². The van der Waals surface area contributed by atoms with Gasteiger partial charge >= 0.3 is 12.1 Å². The number of hydrogen-bond acceptors (Lipinski definition) is 8. The van der Waals surface area contributed by atoms with Gasteiger partial charge in [-0.25, -0.2) is 14.5 Å². The highest BCUT2D eigenvalue weighted by Crippen LogP contribution is 2.33. The number of rotatable bonds is 6. The molecule has 2 fully saturated rings. The van der Waals surface area contributed by atoms with Gasteiger partial charge in [0.15, 0.2) is 5.65 Å². The van der Waals surface area contributed by atoms with E-state index in [2.05, 4.69) is 15.0 Å². The molecule has 0 aliphatic carbocycles. The van der Waals surface area contributed by atoms with Crippen LogP contribution < -0.4 is 15.0 Å². The number of likely N-dealkylation sites (tertiary alicyclic amines) is 1. The van der Waals surface area contributed by atoms with Crippen LogP contribution in [-0.4, -0.2) is 81.4 Å². The predicted molar refractivity (Wildman–Crippen MR) is 133 cm³/mol. The van der Waals surface area contributed by atoms with Gasteiger partial charge in [-0.1, -0.05) is 11.6 Å². The molecule has 2 aromatic heterocycles. The molecule has 212 valence electrons. The maximum atomic E-state index is 12.7. The minimum absolute atomic E-state index is 0.00489. The minimum Gasteiger partial charge on any atom is -0.497 e. The van der Waals surface area contributed by atoms with Crippen LogP contribution in [0.3, 0.4) is 0 Å². The highest BCUT2D eigenvalue weighted by Gasteiger charge is 2.38. The second-order valence-corrected chi connectivity index (χ2v) is 9.50. The van der Waals surface area contributed by atoms with Crippen LogP contribution in [0.5, 0.6) is 11.5 Å². The number of H-pyrrole nitrogens is 1. The molecule has 2 aliphatic heterocycles. The van der Waals surface area contributed by atoms with Gasteiger partial charge in [0.25, 0.3) is 5.56 Å². The van der Waals surface area contributed by atoms with Crippen molar-refractivity contribution in [2.45, 2.75) is 44.1 Å². The first-order valence-corrected chi connectivity index (χ1v) is 12.4. The number of carbonyl (C=O) groups is 1. The number of carboxylic acids is 1. The Morgan fingerprint density at radius 1 is 1.28 bits per heavy atom. The van der Waals surface area contributed by atoms with Crippen molar-refractivity contribution in [3.8, 4) is 11.5 Å². The number of fused-ring (bicyclic) bond motifs is 1. The van der Waals surface area contributed by atoms with Crippen molar-refractivity contribution in [3.63, 3.8) is 0 Å². The van der Waals surface area contributed by atoms with E-state index in [0.717, 1.165) is 12.8 Å². The standard InChI is InChI=1S/C22H26ClN5O4.C2HF3O2/c1-13(27-11-16(12-27)32-19-9-15(30-2)3-4-18(19)23)20-25-21-17(22(29)26-20)10-24-28(21)14-5-7-31-8-6-14;3-2(4,5)1(6)7/h3-4,9-10,13-14,16H,5-8,11-12H2,1-2H3,(H,25,26,29);(H,6,7). The van der Waals surface area contributed by atoms with Crippen molar-refractivity contribution in [2.75, 3.05) is 33.4 Å². The summed E-state index contributed by atoms with van der Waals surface area (Å²) in [7, 11) is 1.61. The minimum atomic E-state index is -5.08. The van der Waals surface area contributed by atoms with Gasteiger partial charge in [-0.2, -0.15) is 18.3 Å². The largest absolute Gasteiger partial charge is 0.497 e. The van der Waals surface area contributed by atoms with E-state index in [4.69, 9.17) is 40.7 Å². The van der Waals surface area contributed by atoms with Crippen LogP contribution in [-0.2, 0) is 9.53 Å².